The third kappa shape index (κ3) is 6.09. The minimum atomic E-state index is -3.77. The van der Waals surface area contributed by atoms with Crippen molar-refractivity contribution in [2.75, 3.05) is 12.1 Å². The number of imidazole rings is 1. The minimum absolute atomic E-state index is 0.205. The number of nitrogens with two attached hydrogens (primary N) is 1. The Bertz CT molecular complexity index is 1260. The van der Waals surface area contributed by atoms with Gasteiger partial charge in [0.2, 0.25) is 5.12 Å². The Hall–Kier alpha value is -2.97. The molecule has 3 aromatic rings. The molecule has 2 aromatic heterocycles. The number of aromatic nitrogens is 4. The number of ether oxygens (including phenoxy) is 1. The van der Waals surface area contributed by atoms with Crippen LogP contribution in [0.2, 0.25) is 0 Å². The lowest BCUT2D eigenvalue weighted by atomic mass is 10.1. The number of nitrogen functional groups attached to an aromatic ring is 1. The molecule has 0 amide bonds. The van der Waals surface area contributed by atoms with E-state index in [-0.39, 0.29) is 17.9 Å². The second kappa shape index (κ2) is 9.89. The van der Waals surface area contributed by atoms with Gasteiger partial charge in [0.05, 0.1) is 36.1 Å². The fraction of sp³-hybridized carbons (Fsp3) is 0.350. The quantitative estimate of drug-likeness (QED) is 0.286. The van der Waals surface area contributed by atoms with Gasteiger partial charge in [-0.25, -0.2) is 20.0 Å². The van der Waals surface area contributed by atoms with Crippen LogP contribution in [-0.2, 0) is 20.6 Å². The molecule has 0 saturated carbocycles. The van der Waals surface area contributed by atoms with Crippen LogP contribution in [0.25, 0.3) is 11.2 Å². The van der Waals surface area contributed by atoms with E-state index in [2.05, 4.69) is 32.7 Å². The Morgan fingerprint density at radius 3 is 2.85 bits per heavy atom. The summed E-state index contributed by atoms with van der Waals surface area (Å²) in [7, 11) is -3.77. The van der Waals surface area contributed by atoms with Crippen molar-refractivity contribution >= 4 is 42.2 Å². The largest absolute Gasteiger partial charge is 0.431 e. The molecular formula is C20H24N7O4PS. The Morgan fingerprint density at radius 1 is 1.39 bits per heavy atom. The number of rotatable bonds is 10. The third-order valence-corrected chi connectivity index (χ3v) is 7.07. The lowest BCUT2D eigenvalue weighted by molar-refractivity contribution is -0.114. The van der Waals surface area contributed by atoms with E-state index in [0.717, 1.165) is 0 Å². The van der Waals surface area contributed by atoms with Gasteiger partial charge in [-0.15, -0.1) is 12.6 Å². The van der Waals surface area contributed by atoms with Crippen LogP contribution >= 0.6 is 20.1 Å². The van der Waals surface area contributed by atoms with Gasteiger partial charge in [-0.2, -0.15) is 5.26 Å². The van der Waals surface area contributed by atoms with Crippen LogP contribution in [0.15, 0.2) is 36.9 Å². The van der Waals surface area contributed by atoms with E-state index in [4.69, 9.17) is 20.3 Å². The van der Waals surface area contributed by atoms with E-state index >= 15 is 0 Å². The first-order valence-electron chi connectivity index (χ1n) is 9.87. The highest BCUT2D eigenvalue weighted by Gasteiger charge is 2.37. The zero-order chi connectivity index (χ0) is 24.2. The summed E-state index contributed by atoms with van der Waals surface area (Å²) in [6, 6.07) is 8.22. The molecule has 0 aliphatic heterocycles. The van der Waals surface area contributed by atoms with Crippen molar-refractivity contribution in [3.63, 3.8) is 0 Å². The third-order valence-electron chi connectivity index (χ3n) is 4.61. The number of fused-ring (bicyclic) bond motifs is 1. The van der Waals surface area contributed by atoms with Crippen LogP contribution in [0.1, 0.15) is 26.3 Å². The summed E-state index contributed by atoms with van der Waals surface area (Å²) < 4.78 is 27.0. The number of carbonyl (C=O) groups excluding carboxylic acids is 1. The summed E-state index contributed by atoms with van der Waals surface area (Å²) in [5.74, 6) is 0.476. The lowest BCUT2D eigenvalue weighted by Crippen LogP contribution is -2.44. The van der Waals surface area contributed by atoms with Gasteiger partial charge in [0.15, 0.2) is 11.5 Å². The molecule has 0 radical (unpaired) electrons. The molecule has 0 saturated heterocycles. The lowest BCUT2D eigenvalue weighted by Gasteiger charge is -2.30. The second-order valence-corrected chi connectivity index (χ2v) is 10.3. The Morgan fingerprint density at radius 2 is 2.15 bits per heavy atom. The molecule has 2 unspecified atom stereocenters. The smallest absolute Gasteiger partial charge is 0.342 e. The molecule has 0 aliphatic carbocycles. The number of anilines is 1. The van der Waals surface area contributed by atoms with Gasteiger partial charge in [-0.05, 0) is 39.0 Å². The maximum Gasteiger partial charge on any atom is 0.342 e. The predicted molar refractivity (Wildman–Crippen MR) is 126 cm³/mol. The minimum Gasteiger partial charge on any atom is -0.431 e. The standard InChI is InChI=1S/C20H24N7O4PS/c1-13(9-27-11-25-16-17(22)23-10-24-18(16)27)30-12-32(29,26-20(2,3)19(28)33)31-15-6-4-5-14(7-15)8-21/h4-7,10-11,13H,9,12H2,1-3H3,(H,26,29)(H,28,33)(H2,22,23,24). The van der Waals surface area contributed by atoms with E-state index in [1.165, 1.54) is 26.2 Å². The molecule has 1 aromatic carbocycles. The van der Waals surface area contributed by atoms with Gasteiger partial charge >= 0.3 is 7.52 Å². The van der Waals surface area contributed by atoms with Gasteiger partial charge < -0.3 is 19.6 Å². The van der Waals surface area contributed by atoms with Gasteiger partial charge in [0, 0.05) is 0 Å². The summed E-state index contributed by atoms with van der Waals surface area (Å²) in [6.07, 6.45) is 2.14. The van der Waals surface area contributed by atoms with Crippen LogP contribution in [0.5, 0.6) is 5.75 Å². The van der Waals surface area contributed by atoms with Crippen LogP contribution in [0.3, 0.4) is 0 Å². The molecule has 0 aliphatic rings. The topological polar surface area (TPSA) is 158 Å². The first-order chi connectivity index (χ1) is 15.5. The summed E-state index contributed by atoms with van der Waals surface area (Å²) in [4.78, 5) is 24.2. The Balaban J connectivity index is 1.77. The van der Waals surface area contributed by atoms with E-state index in [0.29, 0.717) is 23.3 Å². The monoisotopic (exact) mass is 489 g/mol. The van der Waals surface area contributed by atoms with Gasteiger partial charge in [-0.1, -0.05) is 6.07 Å². The Labute approximate surface area is 196 Å². The van der Waals surface area contributed by atoms with Crippen LogP contribution in [-0.4, -0.2) is 42.6 Å². The second-order valence-electron chi connectivity index (χ2n) is 7.88. The van der Waals surface area contributed by atoms with Gasteiger partial charge in [-0.3, -0.25) is 9.36 Å². The fourth-order valence-electron chi connectivity index (χ4n) is 2.94. The number of thiol groups is 1. The van der Waals surface area contributed by atoms with Crippen molar-refractivity contribution < 1.29 is 18.6 Å². The predicted octanol–water partition coefficient (Wildman–Crippen LogP) is 2.74. The Kier molecular flexibility index (Phi) is 7.39. The summed E-state index contributed by atoms with van der Waals surface area (Å²) in [5.41, 5.74) is 5.93. The first-order valence-corrected chi connectivity index (χ1v) is 12.1. The fourth-order valence-corrected chi connectivity index (χ4v) is 5.10. The number of hydrogen-bond acceptors (Lipinski definition) is 9. The van der Waals surface area contributed by atoms with E-state index in [1.54, 1.807) is 36.0 Å². The maximum absolute atomic E-state index is 13.7. The van der Waals surface area contributed by atoms with Crippen molar-refractivity contribution in [2.24, 2.45) is 0 Å². The number of nitrogens with zero attached hydrogens (tertiary/aromatic N) is 5. The molecule has 3 rings (SSSR count). The van der Waals surface area contributed by atoms with Crippen LogP contribution in [0.4, 0.5) is 5.82 Å². The van der Waals surface area contributed by atoms with Crippen molar-refractivity contribution in [1.29, 1.82) is 5.26 Å². The number of nitrogens with one attached hydrogen (secondary N) is 1. The maximum atomic E-state index is 13.7. The van der Waals surface area contributed by atoms with Gasteiger partial charge in [0.25, 0.3) is 0 Å². The number of carbonyl (C=O) groups is 1. The normalized spacial score (nSPS) is 14.4. The highest BCUT2D eigenvalue weighted by atomic mass is 32.1. The summed E-state index contributed by atoms with van der Waals surface area (Å²) in [6.45, 7) is 5.20. The molecule has 0 fully saturated rings. The summed E-state index contributed by atoms with van der Waals surface area (Å²) >= 11 is 3.86. The van der Waals surface area contributed by atoms with E-state index in [9.17, 15) is 9.36 Å². The SMILES string of the molecule is CC(Cn1cnc2c(N)ncnc21)OCP(=O)(NC(C)(C)C(=O)S)Oc1cccc(C#N)c1. The molecule has 3 N–H and O–H groups in total. The zero-order valence-corrected chi connectivity index (χ0v) is 20.1. The van der Waals surface area contributed by atoms with Crippen molar-refractivity contribution in [1.82, 2.24) is 24.6 Å². The van der Waals surface area contributed by atoms with Crippen LogP contribution < -0.4 is 15.3 Å². The number of benzene rings is 1. The van der Waals surface area contributed by atoms with E-state index in [1.807, 2.05) is 6.07 Å². The highest BCUT2D eigenvalue weighted by molar-refractivity contribution is 7.96. The first kappa shape index (κ1) is 24.7. The van der Waals surface area contributed by atoms with E-state index < -0.39 is 24.3 Å². The molecule has 11 nitrogen and oxygen atoms in total. The molecule has 174 valence electrons. The highest BCUT2D eigenvalue weighted by Crippen LogP contribution is 2.45. The molecule has 0 spiro atoms. The average molecular weight is 489 g/mol. The molecule has 2 heterocycles. The molecule has 33 heavy (non-hydrogen) atoms. The average Bonchev–Trinajstić information content (AvgIpc) is 3.16. The molecule has 0 bridgehead atoms. The van der Waals surface area contributed by atoms with Crippen molar-refractivity contribution in [3.05, 3.63) is 42.5 Å². The zero-order valence-electron chi connectivity index (χ0n) is 18.3. The molecule has 2 atom stereocenters. The number of hydrogen-bond donors (Lipinski definition) is 3. The molecular weight excluding hydrogens is 465 g/mol. The number of nitriles is 1. The van der Waals surface area contributed by atoms with Crippen LogP contribution in [0, 0.1) is 11.3 Å². The summed E-state index contributed by atoms with van der Waals surface area (Å²) in [5, 5.41) is 11.3. The van der Waals surface area contributed by atoms with Crippen molar-refractivity contribution in [3.8, 4) is 11.8 Å². The van der Waals surface area contributed by atoms with Crippen molar-refractivity contribution in [2.45, 2.75) is 39.0 Å². The van der Waals surface area contributed by atoms with Gasteiger partial charge in [0.1, 0.15) is 23.9 Å². The molecule has 13 heteroatoms.